The van der Waals surface area contributed by atoms with Gasteiger partial charge >= 0.3 is 0 Å². The molecular weight excluding hydrogens is 325 g/mol. The Morgan fingerprint density at radius 1 is 1.36 bits per heavy atom. The molecule has 0 radical (unpaired) electrons. The van der Waals surface area contributed by atoms with Crippen LogP contribution in [0, 0.1) is 6.92 Å². The van der Waals surface area contributed by atoms with Crippen LogP contribution >= 0.6 is 24.8 Å². The van der Waals surface area contributed by atoms with Crippen molar-refractivity contribution in [3.05, 3.63) is 24.1 Å². The number of oxazole rings is 1. The number of halogens is 2. The van der Waals surface area contributed by atoms with Crippen LogP contribution < -0.4 is 10.6 Å². The first-order valence-corrected chi connectivity index (χ1v) is 7.00. The van der Waals surface area contributed by atoms with E-state index in [9.17, 15) is 4.79 Å². The van der Waals surface area contributed by atoms with Crippen LogP contribution in [-0.2, 0) is 4.79 Å². The van der Waals surface area contributed by atoms with Gasteiger partial charge in [0.2, 0.25) is 5.91 Å². The van der Waals surface area contributed by atoms with Gasteiger partial charge in [-0.15, -0.1) is 24.8 Å². The summed E-state index contributed by atoms with van der Waals surface area (Å²) in [4.78, 5) is 16.7. The predicted octanol–water partition coefficient (Wildman–Crippen LogP) is 3.45. The van der Waals surface area contributed by atoms with Gasteiger partial charge in [0, 0.05) is 12.6 Å². The normalized spacial score (nSPS) is 20.8. The third kappa shape index (κ3) is 3.72. The smallest absolute Gasteiger partial charge is 0.244 e. The van der Waals surface area contributed by atoms with Gasteiger partial charge in [0.05, 0.1) is 5.54 Å². The number of nitrogens with zero attached hydrogens (tertiary/aromatic N) is 1. The molecular formula is C15H21Cl2N3O2. The number of aromatic nitrogens is 1. The molecule has 3 rings (SSSR count). The van der Waals surface area contributed by atoms with E-state index >= 15 is 0 Å². The van der Waals surface area contributed by atoms with E-state index in [1.54, 1.807) is 0 Å². The molecule has 1 fully saturated rings. The molecule has 5 nitrogen and oxygen atoms in total. The molecule has 1 aliphatic heterocycles. The standard InChI is InChI=1S/C15H19N3O2.2ClH/c1-10-17-12-9-11(5-6-13(12)20-10)18-14(19)15(2)7-3-4-8-16-15;;/h5-6,9,16H,3-4,7-8H2,1-2H3,(H,18,19);2*1H. The lowest BCUT2D eigenvalue weighted by molar-refractivity contribution is -0.122. The average molecular weight is 346 g/mol. The minimum Gasteiger partial charge on any atom is -0.441 e. The second-order valence-electron chi connectivity index (χ2n) is 5.59. The zero-order chi connectivity index (χ0) is 14.2. The number of anilines is 1. The molecule has 0 saturated carbocycles. The largest absolute Gasteiger partial charge is 0.441 e. The van der Waals surface area contributed by atoms with Crippen LogP contribution in [-0.4, -0.2) is 23.0 Å². The molecule has 1 aromatic heterocycles. The molecule has 1 saturated heterocycles. The molecule has 122 valence electrons. The summed E-state index contributed by atoms with van der Waals surface area (Å²) >= 11 is 0. The van der Waals surface area contributed by atoms with Gasteiger partial charge < -0.3 is 15.1 Å². The van der Waals surface area contributed by atoms with Crippen LogP contribution in [0.5, 0.6) is 0 Å². The first-order valence-electron chi connectivity index (χ1n) is 7.00. The highest BCUT2D eigenvalue weighted by Crippen LogP contribution is 2.23. The van der Waals surface area contributed by atoms with Gasteiger partial charge in [0.25, 0.3) is 0 Å². The SMILES string of the molecule is Cc1nc2cc(NC(=O)C3(C)CCCCN3)ccc2o1.Cl.Cl. The van der Waals surface area contributed by atoms with Crippen LogP contribution in [0.4, 0.5) is 5.69 Å². The fraction of sp³-hybridized carbons (Fsp3) is 0.467. The Bertz CT molecular complexity index is 651. The summed E-state index contributed by atoms with van der Waals surface area (Å²) in [7, 11) is 0. The van der Waals surface area contributed by atoms with Crippen LogP contribution in [0.15, 0.2) is 22.6 Å². The van der Waals surface area contributed by atoms with E-state index in [2.05, 4.69) is 15.6 Å². The summed E-state index contributed by atoms with van der Waals surface area (Å²) in [5, 5.41) is 6.28. The molecule has 0 bridgehead atoms. The van der Waals surface area contributed by atoms with Crippen molar-refractivity contribution in [2.24, 2.45) is 0 Å². The summed E-state index contributed by atoms with van der Waals surface area (Å²) in [5.41, 5.74) is 1.78. The number of carbonyl (C=O) groups is 1. The summed E-state index contributed by atoms with van der Waals surface area (Å²) in [6.45, 7) is 4.66. The molecule has 1 atom stereocenters. The van der Waals surface area contributed by atoms with Crippen molar-refractivity contribution in [2.45, 2.75) is 38.6 Å². The molecule has 2 heterocycles. The lowest BCUT2D eigenvalue weighted by Crippen LogP contribution is -2.54. The van der Waals surface area contributed by atoms with Crippen LogP contribution in [0.2, 0.25) is 0 Å². The van der Waals surface area contributed by atoms with Crippen molar-refractivity contribution in [1.82, 2.24) is 10.3 Å². The number of benzene rings is 1. The summed E-state index contributed by atoms with van der Waals surface area (Å²) in [6.07, 6.45) is 3.08. The minimum absolute atomic E-state index is 0. The van der Waals surface area contributed by atoms with Crippen molar-refractivity contribution < 1.29 is 9.21 Å². The van der Waals surface area contributed by atoms with Gasteiger partial charge in [0.15, 0.2) is 11.5 Å². The quantitative estimate of drug-likeness (QED) is 0.874. The van der Waals surface area contributed by atoms with Crippen LogP contribution in [0.25, 0.3) is 11.1 Å². The Balaban J connectivity index is 0.00000121. The lowest BCUT2D eigenvalue weighted by Gasteiger charge is -2.33. The minimum atomic E-state index is -0.479. The molecule has 1 aromatic carbocycles. The van der Waals surface area contributed by atoms with Crippen molar-refractivity contribution in [2.75, 3.05) is 11.9 Å². The third-order valence-corrected chi connectivity index (χ3v) is 3.87. The molecule has 1 aliphatic rings. The van der Waals surface area contributed by atoms with Crippen LogP contribution in [0.3, 0.4) is 0 Å². The molecule has 1 unspecified atom stereocenters. The van der Waals surface area contributed by atoms with Gasteiger partial charge in [-0.3, -0.25) is 4.79 Å². The van der Waals surface area contributed by atoms with E-state index in [-0.39, 0.29) is 30.7 Å². The number of carbonyl (C=O) groups excluding carboxylic acids is 1. The average Bonchev–Trinajstić information content (AvgIpc) is 2.79. The number of amides is 1. The number of hydrogen-bond acceptors (Lipinski definition) is 4. The van der Waals surface area contributed by atoms with Gasteiger partial charge in [-0.25, -0.2) is 4.98 Å². The van der Waals surface area contributed by atoms with E-state index in [1.165, 1.54) is 0 Å². The van der Waals surface area contributed by atoms with Gasteiger partial charge in [0.1, 0.15) is 5.52 Å². The third-order valence-electron chi connectivity index (χ3n) is 3.87. The lowest BCUT2D eigenvalue weighted by atomic mass is 9.90. The van der Waals surface area contributed by atoms with Gasteiger partial charge in [-0.05, 0) is 50.9 Å². The zero-order valence-corrected chi connectivity index (χ0v) is 14.3. The topological polar surface area (TPSA) is 67.2 Å². The van der Waals surface area contributed by atoms with Gasteiger partial charge in [-0.2, -0.15) is 0 Å². The van der Waals surface area contributed by atoms with Gasteiger partial charge in [-0.1, -0.05) is 0 Å². The Morgan fingerprint density at radius 3 is 2.82 bits per heavy atom. The monoisotopic (exact) mass is 345 g/mol. The number of aryl methyl sites for hydroxylation is 1. The van der Waals surface area contributed by atoms with Crippen molar-refractivity contribution in [1.29, 1.82) is 0 Å². The van der Waals surface area contributed by atoms with Crippen molar-refractivity contribution >= 4 is 47.5 Å². The van der Waals surface area contributed by atoms with E-state index in [0.717, 1.165) is 42.6 Å². The second kappa shape index (κ2) is 7.31. The summed E-state index contributed by atoms with van der Waals surface area (Å²) in [6, 6.07) is 5.52. The fourth-order valence-corrected chi connectivity index (χ4v) is 2.64. The maximum absolute atomic E-state index is 12.4. The molecule has 1 amide bonds. The number of piperidine rings is 1. The molecule has 22 heavy (non-hydrogen) atoms. The Hall–Kier alpha value is -1.30. The van der Waals surface area contributed by atoms with E-state index < -0.39 is 5.54 Å². The molecule has 2 N–H and O–H groups in total. The second-order valence-corrected chi connectivity index (χ2v) is 5.59. The van der Waals surface area contributed by atoms with Crippen LogP contribution in [0.1, 0.15) is 32.1 Å². The molecule has 0 spiro atoms. The Morgan fingerprint density at radius 2 is 2.14 bits per heavy atom. The molecule has 2 aromatic rings. The highest BCUT2D eigenvalue weighted by Gasteiger charge is 2.34. The van der Waals surface area contributed by atoms with E-state index in [4.69, 9.17) is 4.42 Å². The highest BCUT2D eigenvalue weighted by atomic mass is 35.5. The van der Waals surface area contributed by atoms with E-state index in [1.807, 2.05) is 32.0 Å². The zero-order valence-electron chi connectivity index (χ0n) is 12.6. The maximum atomic E-state index is 12.4. The summed E-state index contributed by atoms with van der Waals surface area (Å²) in [5.74, 6) is 0.640. The van der Waals surface area contributed by atoms with E-state index in [0.29, 0.717) is 5.89 Å². The molecule has 7 heteroatoms. The number of nitrogens with one attached hydrogen (secondary N) is 2. The Kier molecular flexibility index (Phi) is 6.23. The first kappa shape index (κ1) is 18.7. The number of rotatable bonds is 2. The Labute approximate surface area is 142 Å². The maximum Gasteiger partial charge on any atom is 0.244 e. The first-order chi connectivity index (χ1) is 9.57. The number of hydrogen-bond donors (Lipinski definition) is 2. The van der Waals surface area contributed by atoms with Crippen molar-refractivity contribution in [3.63, 3.8) is 0 Å². The predicted molar refractivity (Wildman–Crippen MR) is 92.1 cm³/mol. The fourth-order valence-electron chi connectivity index (χ4n) is 2.64. The summed E-state index contributed by atoms with van der Waals surface area (Å²) < 4.78 is 5.43. The molecule has 0 aliphatic carbocycles. The highest BCUT2D eigenvalue weighted by molar-refractivity contribution is 5.99. The van der Waals surface area contributed by atoms with Crippen molar-refractivity contribution in [3.8, 4) is 0 Å². The number of fused-ring (bicyclic) bond motifs is 1.